The molecule has 0 aliphatic heterocycles. The van der Waals surface area contributed by atoms with E-state index >= 15 is 0 Å². The molecule has 0 fully saturated rings. The molecular weight excluding hydrogens is 259 g/mol. The first-order chi connectivity index (χ1) is 8.90. The number of nitrogens with zero attached hydrogens (tertiary/aromatic N) is 3. The molecule has 0 amide bonds. The summed E-state index contributed by atoms with van der Waals surface area (Å²) in [6.45, 7) is 0.946. The van der Waals surface area contributed by atoms with Gasteiger partial charge in [0, 0.05) is 27.3 Å². The molecule has 0 radical (unpaired) electrons. The van der Waals surface area contributed by atoms with E-state index in [1.165, 1.54) is 4.90 Å². The van der Waals surface area contributed by atoms with Crippen LogP contribution in [0.1, 0.15) is 17.7 Å². The number of rotatable bonds is 5. The molecule has 104 valence electrons. The van der Waals surface area contributed by atoms with Crippen LogP contribution in [0.5, 0.6) is 0 Å². The lowest BCUT2D eigenvalue weighted by atomic mass is 10.2. The Kier molecular flexibility index (Phi) is 5.12. The highest BCUT2D eigenvalue weighted by Gasteiger charge is 2.33. The predicted octanol–water partition coefficient (Wildman–Crippen LogP) is 2.44. The second-order valence-electron chi connectivity index (χ2n) is 3.95. The van der Waals surface area contributed by atoms with Crippen molar-refractivity contribution in [3.63, 3.8) is 0 Å². The number of aromatic nitrogens is 1. The molecule has 0 aliphatic rings. The maximum absolute atomic E-state index is 12.6. The summed E-state index contributed by atoms with van der Waals surface area (Å²) >= 11 is 0. The molecule has 4 nitrogen and oxygen atoms in total. The Balaban J connectivity index is 3.00. The zero-order valence-electron chi connectivity index (χ0n) is 10.7. The molecule has 1 rings (SSSR count). The lowest BCUT2D eigenvalue weighted by Crippen LogP contribution is -2.23. The van der Waals surface area contributed by atoms with Crippen molar-refractivity contribution in [2.24, 2.45) is 0 Å². The third-order valence-corrected chi connectivity index (χ3v) is 2.49. The average Bonchev–Trinajstić information content (AvgIpc) is 2.37. The highest BCUT2D eigenvalue weighted by molar-refractivity contribution is 5.54. The summed E-state index contributed by atoms with van der Waals surface area (Å²) in [5.74, 6) is 0.0356. The van der Waals surface area contributed by atoms with Gasteiger partial charge in [-0.15, -0.1) is 0 Å². The normalized spacial score (nSPS) is 11.2. The Hall–Kier alpha value is -1.81. The number of methoxy groups -OCH3 is 1. The van der Waals surface area contributed by atoms with E-state index < -0.39 is 11.9 Å². The summed E-state index contributed by atoms with van der Waals surface area (Å²) in [5.41, 5.74) is -0.881. The number of hydrogen-bond donors (Lipinski definition) is 0. The standard InChI is InChI=1S/C12H14F3N3O/c1-18(6-3-7-19-2)11-9(8-16)4-5-10(17-11)12(13,14)15/h4-5H,3,6-7H2,1-2H3. The van der Waals surface area contributed by atoms with Gasteiger partial charge in [-0.2, -0.15) is 18.4 Å². The van der Waals surface area contributed by atoms with Gasteiger partial charge in [0.05, 0.1) is 5.56 Å². The van der Waals surface area contributed by atoms with Gasteiger partial charge in [0.15, 0.2) is 0 Å². The first-order valence-corrected chi connectivity index (χ1v) is 5.58. The molecule has 1 aromatic heterocycles. The lowest BCUT2D eigenvalue weighted by molar-refractivity contribution is -0.141. The van der Waals surface area contributed by atoms with Crippen LogP contribution in [0.4, 0.5) is 19.0 Å². The number of anilines is 1. The Labute approximate surface area is 109 Å². The molecule has 0 saturated carbocycles. The number of ether oxygens (including phenoxy) is 1. The van der Waals surface area contributed by atoms with Gasteiger partial charge < -0.3 is 9.64 Å². The predicted molar refractivity (Wildman–Crippen MR) is 63.7 cm³/mol. The van der Waals surface area contributed by atoms with Gasteiger partial charge in [-0.1, -0.05) is 0 Å². The van der Waals surface area contributed by atoms with Crippen LogP contribution in [0.3, 0.4) is 0 Å². The largest absolute Gasteiger partial charge is 0.433 e. The van der Waals surface area contributed by atoms with Crippen LogP contribution < -0.4 is 4.90 Å². The van der Waals surface area contributed by atoms with Gasteiger partial charge in [-0.05, 0) is 18.6 Å². The molecule has 19 heavy (non-hydrogen) atoms. The number of nitriles is 1. The van der Waals surface area contributed by atoms with Crippen molar-refractivity contribution in [2.45, 2.75) is 12.6 Å². The summed E-state index contributed by atoms with van der Waals surface area (Å²) in [4.78, 5) is 5.05. The van der Waals surface area contributed by atoms with Crippen LogP contribution in [-0.4, -0.2) is 32.3 Å². The Morgan fingerprint density at radius 1 is 1.42 bits per heavy atom. The van der Waals surface area contributed by atoms with Gasteiger partial charge in [0.25, 0.3) is 0 Å². The molecular formula is C12H14F3N3O. The van der Waals surface area contributed by atoms with Crippen LogP contribution >= 0.6 is 0 Å². The van der Waals surface area contributed by atoms with Crippen LogP contribution in [0, 0.1) is 11.3 Å². The molecule has 0 atom stereocenters. The van der Waals surface area contributed by atoms with Crippen molar-refractivity contribution in [2.75, 3.05) is 32.2 Å². The molecule has 1 heterocycles. The van der Waals surface area contributed by atoms with Crippen LogP contribution in [-0.2, 0) is 10.9 Å². The van der Waals surface area contributed by atoms with E-state index in [0.717, 1.165) is 12.1 Å². The number of hydrogen-bond acceptors (Lipinski definition) is 4. The van der Waals surface area contributed by atoms with E-state index in [1.807, 2.05) is 6.07 Å². The van der Waals surface area contributed by atoms with Gasteiger partial charge in [0.2, 0.25) is 0 Å². The fourth-order valence-corrected chi connectivity index (χ4v) is 1.54. The first kappa shape index (κ1) is 15.2. The zero-order valence-corrected chi connectivity index (χ0v) is 10.7. The highest BCUT2D eigenvalue weighted by Crippen LogP contribution is 2.30. The van der Waals surface area contributed by atoms with E-state index in [2.05, 4.69) is 4.98 Å². The summed E-state index contributed by atoms with van der Waals surface area (Å²) in [5, 5.41) is 8.91. The van der Waals surface area contributed by atoms with Gasteiger partial charge in [-0.3, -0.25) is 0 Å². The molecule has 0 bridgehead atoms. The van der Waals surface area contributed by atoms with E-state index in [0.29, 0.717) is 19.6 Å². The van der Waals surface area contributed by atoms with E-state index in [-0.39, 0.29) is 11.4 Å². The Bertz CT molecular complexity index is 468. The van der Waals surface area contributed by atoms with Crippen molar-refractivity contribution in [1.29, 1.82) is 5.26 Å². The van der Waals surface area contributed by atoms with Crippen molar-refractivity contribution in [1.82, 2.24) is 4.98 Å². The Morgan fingerprint density at radius 3 is 2.63 bits per heavy atom. The zero-order chi connectivity index (χ0) is 14.5. The number of halogens is 3. The van der Waals surface area contributed by atoms with Gasteiger partial charge in [0.1, 0.15) is 17.6 Å². The topological polar surface area (TPSA) is 49.1 Å². The third kappa shape index (κ3) is 4.10. The van der Waals surface area contributed by atoms with Crippen molar-refractivity contribution < 1.29 is 17.9 Å². The average molecular weight is 273 g/mol. The van der Waals surface area contributed by atoms with E-state index in [4.69, 9.17) is 10.00 Å². The summed E-state index contributed by atoms with van der Waals surface area (Å²) < 4.78 is 42.6. The fraction of sp³-hybridized carbons (Fsp3) is 0.500. The summed E-state index contributed by atoms with van der Waals surface area (Å²) in [7, 11) is 3.14. The van der Waals surface area contributed by atoms with Crippen LogP contribution in [0.15, 0.2) is 12.1 Å². The molecule has 0 saturated heterocycles. The second-order valence-corrected chi connectivity index (χ2v) is 3.95. The molecule has 7 heteroatoms. The van der Waals surface area contributed by atoms with Crippen molar-refractivity contribution >= 4 is 5.82 Å². The van der Waals surface area contributed by atoms with E-state index in [9.17, 15) is 13.2 Å². The van der Waals surface area contributed by atoms with E-state index in [1.54, 1.807) is 14.2 Å². The highest BCUT2D eigenvalue weighted by atomic mass is 19.4. The van der Waals surface area contributed by atoms with Crippen molar-refractivity contribution in [3.05, 3.63) is 23.4 Å². The molecule has 0 N–H and O–H groups in total. The monoisotopic (exact) mass is 273 g/mol. The van der Waals surface area contributed by atoms with Crippen molar-refractivity contribution in [3.8, 4) is 6.07 Å². The smallest absolute Gasteiger partial charge is 0.385 e. The van der Waals surface area contributed by atoms with Gasteiger partial charge in [-0.25, -0.2) is 4.98 Å². The molecule has 0 aromatic carbocycles. The minimum absolute atomic E-state index is 0.0356. The quantitative estimate of drug-likeness (QED) is 0.773. The Morgan fingerprint density at radius 2 is 2.11 bits per heavy atom. The van der Waals surface area contributed by atoms with Gasteiger partial charge >= 0.3 is 6.18 Å². The molecule has 0 unspecified atom stereocenters. The maximum Gasteiger partial charge on any atom is 0.433 e. The molecule has 0 aliphatic carbocycles. The molecule has 0 spiro atoms. The first-order valence-electron chi connectivity index (χ1n) is 5.58. The minimum Gasteiger partial charge on any atom is -0.385 e. The number of alkyl halides is 3. The third-order valence-electron chi connectivity index (χ3n) is 2.49. The summed E-state index contributed by atoms with van der Waals surface area (Å²) in [6.07, 6.45) is -3.88. The van der Waals surface area contributed by atoms with Crippen LogP contribution in [0.2, 0.25) is 0 Å². The minimum atomic E-state index is -4.52. The second kappa shape index (κ2) is 6.38. The SMILES string of the molecule is COCCCN(C)c1nc(C(F)(F)F)ccc1C#N. The fourth-order valence-electron chi connectivity index (χ4n) is 1.54. The lowest BCUT2D eigenvalue weighted by Gasteiger charge is -2.20. The maximum atomic E-state index is 12.6. The molecule has 1 aromatic rings. The van der Waals surface area contributed by atoms with Crippen LogP contribution in [0.25, 0.3) is 0 Å². The number of pyridine rings is 1. The summed E-state index contributed by atoms with van der Waals surface area (Å²) in [6, 6.07) is 3.79.